The summed E-state index contributed by atoms with van der Waals surface area (Å²) < 4.78 is 6.00. The molecule has 0 radical (unpaired) electrons. The molecule has 0 bridgehead atoms. The zero-order valence-corrected chi connectivity index (χ0v) is 19.7. The Bertz CT molecular complexity index is 1010. The maximum absolute atomic E-state index is 13.1. The molecule has 0 spiro atoms. The summed E-state index contributed by atoms with van der Waals surface area (Å²) in [6.07, 6.45) is 2.56. The van der Waals surface area contributed by atoms with Gasteiger partial charge in [-0.2, -0.15) is 0 Å². The molecule has 4 nitrogen and oxygen atoms in total. The van der Waals surface area contributed by atoms with Crippen LogP contribution in [0.15, 0.2) is 84.9 Å². The maximum Gasteiger partial charge on any atom is 0.227 e. The number of amides is 1. The third-order valence-electron chi connectivity index (χ3n) is 6.09. The third-order valence-corrected chi connectivity index (χ3v) is 6.09. The Labute approximate surface area is 197 Å². The molecule has 0 atom stereocenters. The smallest absolute Gasteiger partial charge is 0.227 e. The van der Waals surface area contributed by atoms with Gasteiger partial charge in [0.1, 0.15) is 11.5 Å². The minimum absolute atomic E-state index is 0.236. The van der Waals surface area contributed by atoms with Crippen LogP contribution < -0.4 is 9.64 Å². The highest BCUT2D eigenvalue weighted by atomic mass is 16.5. The quantitative estimate of drug-likeness (QED) is 0.398. The highest BCUT2D eigenvalue weighted by Gasteiger charge is 2.29. The molecule has 1 aliphatic heterocycles. The number of anilines is 1. The Hall–Kier alpha value is -3.11. The Morgan fingerprint density at radius 1 is 0.909 bits per heavy atom. The standard InChI is InChI=1S/C29H34N2O2/c1-23(2)20-29(32)31(25-11-5-3-6-12-25)26-16-18-30(19-17-26)22-24-10-9-15-28(21-24)33-27-13-7-4-8-14-27/h3-15,21,23,26H,16-20,22H2,1-2H3. The number of ether oxygens (including phenoxy) is 1. The van der Waals surface area contributed by atoms with Gasteiger partial charge in [0.2, 0.25) is 5.91 Å². The summed E-state index contributed by atoms with van der Waals surface area (Å²) in [5.41, 5.74) is 2.27. The average Bonchev–Trinajstić information content (AvgIpc) is 2.82. The number of rotatable bonds is 8. The van der Waals surface area contributed by atoms with Gasteiger partial charge in [-0.05, 0) is 60.7 Å². The first kappa shape index (κ1) is 23.1. The first-order valence-electron chi connectivity index (χ1n) is 12.0. The minimum Gasteiger partial charge on any atom is -0.457 e. The van der Waals surface area contributed by atoms with Gasteiger partial charge in [0, 0.05) is 37.8 Å². The van der Waals surface area contributed by atoms with E-state index in [4.69, 9.17) is 4.74 Å². The number of piperidine rings is 1. The minimum atomic E-state index is 0.236. The molecule has 3 aromatic carbocycles. The van der Waals surface area contributed by atoms with Crippen molar-refractivity contribution < 1.29 is 9.53 Å². The van der Waals surface area contributed by atoms with Gasteiger partial charge < -0.3 is 9.64 Å². The molecule has 0 aromatic heterocycles. The molecule has 33 heavy (non-hydrogen) atoms. The van der Waals surface area contributed by atoms with Crippen molar-refractivity contribution in [1.29, 1.82) is 0 Å². The first-order chi connectivity index (χ1) is 16.1. The molecule has 0 aliphatic carbocycles. The lowest BCUT2D eigenvalue weighted by molar-refractivity contribution is -0.120. The van der Waals surface area contributed by atoms with Crippen LogP contribution in [0.1, 0.15) is 38.7 Å². The summed E-state index contributed by atoms with van der Waals surface area (Å²) in [7, 11) is 0. The van der Waals surface area contributed by atoms with Crippen LogP contribution >= 0.6 is 0 Å². The van der Waals surface area contributed by atoms with Crippen LogP contribution in [0.2, 0.25) is 0 Å². The molecule has 172 valence electrons. The number of nitrogens with zero attached hydrogens (tertiary/aromatic N) is 2. The molecule has 1 aliphatic rings. The number of hydrogen-bond acceptors (Lipinski definition) is 3. The van der Waals surface area contributed by atoms with Crippen LogP contribution in [0.5, 0.6) is 11.5 Å². The van der Waals surface area contributed by atoms with E-state index >= 15 is 0 Å². The summed E-state index contributed by atoms with van der Waals surface area (Å²) in [5.74, 6) is 2.31. The van der Waals surface area contributed by atoms with Crippen molar-refractivity contribution in [2.45, 2.75) is 45.7 Å². The second kappa shape index (κ2) is 11.2. The topological polar surface area (TPSA) is 32.8 Å². The number of likely N-dealkylation sites (tertiary alicyclic amines) is 1. The maximum atomic E-state index is 13.1. The van der Waals surface area contributed by atoms with Crippen LogP contribution in [0.4, 0.5) is 5.69 Å². The van der Waals surface area contributed by atoms with Gasteiger partial charge in [-0.3, -0.25) is 9.69 Å². The van der Waals surface area contributed by atoms with E-state index in [1.54, 1.807) is 0 Å². The lowest BCUT2D eigenvalue weighted by atomic mass is 9.99. The van der Waals surface area contributed by atoms with Gasteiger partial charge in [0.25, 0.3) is 0 Å². The highest BCUT2D eigenvalue weighted by molar-refractivity contribution is 5.94. The van der Waals surface area contributed by atoms with E-state index in [-0.39, 0.29) is 11.9 Å². The van der Waals surface area contributed by atoms with Crippen molar-refractivity contribution >= 4 is 11.6 Å². The average molecular weight is 443 g/mol. The molecule has 1 fully saturated rings. The summed E-state index contributed by atoms with van der Waals surface area (Å²) in [6, 6.07) is 28.6. The fourth-order valence-electron chi connectivity index (χ4n) is 4.52. The Kier molecular flexibility index (Phi) is 7.79. The van der Waals surface area contributed by atoms with Crippen LogP contribution in [0.25, 0.3) is 0 Å². The highest BCUT2D eigenvalue weighted by Crippen LogP contribution is 2.27. The summed E-state index contributed by atoms with van der Waals surface area (Å²) in [5, 5.41) is 0. The van der Waals surface area contributed by atoms with Gasteiger partial charge in [0.05, 0.1) is 0 Å². The van der Waals surface area contributed by atoms with Crippen molar-refractivity contribution in [1.82, 2.24) is 4.90 Å². The van der Waals surface area contributed by atoms with Crippen molar-refractivity contribution in [2.75, 3.05) is 18.0 Å². The first-order valence-corrected chi connectivity index (χ1v) is 12.0. The number of para-hydroxylation sites is 2. The molecular weight excluding hydrogens is 408 g/mol. The van der Waals surface area contributed by atoms with Crippen molar-refractivity contribution in [3.63, 3.8) is 0 Å². The second-order valence-corrected chi connectivity index (χ2v) is 9.27. The van der Waals surface area contributed by atoms with Crippen molar-refractivity contribution in [3.05, 3.63) is 90.5 Å². The molecule has 0 N–H and O–H groups in total. The molecule has 1 heterocycles. The van der Waals surface area contributed by atoms with Gasteiger partial charge >= 0.3 is 0 Å². The largest absolute Gasteiger partial charge is 0.457 e. The van der Waals surface area contributed by atoms with E-state index in [2.05, 4.69) is 54.0 Å². The predicted octanol–water partition coefficient (Wildman–Crippen LogP) is 6.52. The molecule has 0 saturated carbocycles. The van der Waals surface area contributed by atoms with Gasteiger partial charge in [0.15, 0.2) is 0 Å². The van der Waals surface area contributed by atoms with Crippen molar-refractivity contribution in [3.8, 4) is 11.5 Å². The fourth-order valence-corrected chi connectivity index (χ4v) is 4.52. The van der Waals surface area contributed by atoms with Gasteiger partial charge in [-0.15, -0.1) is 0 Å². The van der Waals surface area contributed by atoms with Crippen LogP contribution in [-0.2, 0) is 11.3 Å². The van der Waals surface area contributed by atoms with E-state index in [0.717, 1.165) is 49.7 Å². The Morgan fingerprint density at radius 2 is 1.55 bits per heavy atom. The number of carbonyl (C=O) groups is 1. The van der Waals surface area contributed by atoms with E-state index < -0.39 is 0 Å². The van der Waals surface area contributed by atoms with E-state index in [0.29, 0.717) is 12.3 Å². The lowest BCUT2D eigenvalue weighted by Gasteiger charge is -2.39. The SMILES string of the molecule is CC(C)CC(=O)N(c1ccccc1)C1CCN(Cc2cccc(Oc3ccccc3)c2)CC1. The molecule has 4 heteroatoms. The molecule has 1 saturated heterocycles. The molecule has 1 amide bonds. The molecular formula is C29H34N2O2. The zero-order valence-electron chi connectivity index (χ0n) is 19.7. The summed E-state index contributed by atoms with van der Waals surface area (Å²) >= 11 is 0. The number of hydrogen-bond donors (Lipinski definition) is 0. The Morgan fingerprint density at radius 3 is 2.21 bits per heavy atom. The summed E-state index contributed by atoms with van der Waals surface area (Å²) in [6.45, 7) is 7.07. The van der Waals surface area contributed by atoms with Crippen LogP contribution in [0, 0.1) is 5.92 Å². The zero-order chi connectivity index (χ0) is 23.0. The lowest BCUT2D eigenvalue weighted by Crippen LogP contribution is -2.47. The normalized spacial score (nSPS) is 14.9. The monoisotopic (exact) mass is 442 g/mol. The summed E-state index contributed by atoms with van der Waals surface area (Å²) in [4.78, 5) is 17.7. The van der Waals surface area contributed by atoms with Crippen molar-refractivity contribution in [2.24, 2.45) is 5.92 Å². The second-order valence-electron chi connectivity index (χ2n) is 9.27. The van der Waals surface area contributed by atoms with Gasteiger partial charge in [-0.25, -0.2) is 0 Å². The molecule has 4 rings (SSSR count). The van der Waals surface area contributed by atoms with Gasteiger partial charge in [-0.1, -0.05) is 62.4 Å². The number of benzene rings is 3. The molecule has 3 aromatic rings. The van der Waals surface area contributed by atoms with E-state index in [1.807, 2.05) is 54.6 Å². The van der Waals surface area contributed by atoms with E-state index in [9.17, 15) is 4.79 Å². The molecule has 0 unspecified atom stereocenters. The Balaban J connectivity index is 1.38. The van der Waals surface area contributed by atoms with Crippen LogP contribution in [0.3, 0.4) is 0 Å². The number of carbonyl (C=O) groups excluding carboxylic acids is 1. The van der Waals surface area contributed by atoms with Crippen LogP contribution in [-0.4, -0.2) is 29.9 Å². The third kappa shape index (κ3) is 6.45. The van der Waals surface area contributed by atoms with E-state index in [1.165, 1.54) is 5.56 Å². The fraction of sp³-hybridized carbons (Fsp3) is 0.345. The predicted molar refractivity (Wildman–Crippen MR) is 135 cm³/mol.